The maximum Gasteiger partial charge on any atom is 0.252 e. The molecule has 3 aromatic rings. The summed E-state index contributed by atoms with van der Waals surface area (Å²) < 4.78 is 5.88. The van der Waals surface area contributed by atoms with Crippen molar-refractivity contribution in [2.24, 2.45) is 0 Å². The van der Waals surface area contributed by atoms with Crippen molar-refractivity contribution in [1.82, 2.24) is 15.2 Å². The Hall–Kier alpha value is -3.38. The van der Waals surface area contributed by atoms with Crippen LogP contribution in [0.25, 0.3) is 17.0 Å². The Bertz CT molecular complexity index is 1250. The number of phenols is 1. The summed E-state index contributed by atoms with van der Waals surface area (Å²) in [6.45, 7) is 7.29. The fourth-order valence-electron chi connectivity index (χ4n) is 4.59. The number of hydrogen-bond donors (Lipinski definition) is 2. The predicted molar refractivity (Wildman–Crippen MR) is 130 cm³/mol. The number of likely N-dealkylation sites (N-methyl/N-ethyl adjacent to an activating group) is 1. The average molecular weight is 444 g/mol. The monoisotopic (exact) mass is 443 g/mol. The largest absolute Gasteiger partial charge is 0.504 e. The number of nitrogens with zero attached hydrogens (tertiary/aromatic N) is 2. The molecule has 1 saturated heterocycles. The number of fused-ring (bicyclic) bond motifs is 1. The summed E-state index contributed by atoms with van der Waals surface area (Å²) >= 11 is 0. The molecule has 2 N–H and O–H groups in total. The lowest BCUT2D eigenvalue weighted by molar-refractivity contribution is 0.0756. The minimum Gasteiger partial charge on any atom is -0.504 e. The minimum absolute atomic E-state index is 0.0583. The first-order valence-electron chi connectivity index (χ1n) is 11.4. The van der Waals surface area contributed by atoms with Crippen LogP contribution in [0, 0.1) is 6.92 Å². The number of benzene rings is 2. The standard InChI is InChI=1S/C27H29N3O3/c1-4-18-13-22(20-6-5-10-28-23(20)14-18)27(8-9-27)29-26(32)21-15-25(24(31)12-17(21)2)33-16-19-7-11-30(19)3/h4-6,10,12-15,19,31H,1,7-9,11,16H2,2-3H3,(H,29,32). The Morgan fingerprint density at radius 3 is 2.85 bits per heavy atom. The molecule has 2 aliphatic rings. The molecule has 2 aromatic carbocycles. The molecule has 5 rings (SSSR count). The summed E-state index contributed by atoms with van der Waals surface area (Å²) in [5, 5.41) is 14.7. The van der Waals surface area contributed by atoms with Gasteiger partial charge in [0.2, 0.25) is 0 Å². The summed E-state index contributed by atoms with van der Waals surface area (Å²) in [6, 6.07) is 11.7. The third kappa shape index (κ3) is 3.95. The summed E-state index contributed by atoms with van der Waals surface area (Å²) in [5.41, 5.74) is 3.73. The molecule has 1 aromatic heterocycles. The molecular weight excluding hydrogens is 414 g/mol. The number of pyridine rings is 1. The quantitative estimate of drug-likeness (QED) is 0.566. The molecule has 1 saturated carbocycles. The smallest absolute Gasteiger partial charge is 0.252 e. The van der Waals surface area contributed by atoms with Gasteiger partial charge in [0.05, 0.1) is 11.1 Å². The number of likely N-dealkylation sites (tertiary alicyclic amines) is 1. The average Bonchev–Trinajstić information content (AvgIpc) is 3.58. The number of ether oxygens (including phenoxy) is 1. The molecule has 6 heteroatoms. The summed E-state index contributed by atoms with van der Waals surface area (Å²) in [6.07, 6.45) is 6.38. The van der Waals surface area contributed by atoms with Gasteiger partial charge in [0.1, 0.15) is 6.61 Å². The van der Waals surface area contributed by atoms with E-state index in [0.717, 1.165) is 47.8 Å². The Kier molecular flexibility index (Phi) is 5.33. The number of rotatable bonds is 7. The summed E-state index contributed by atoms with van der Waals surface area (Å²) in [5.74, 6) is 0.235. The summed E-state index contributed by atoms with van der Waals surface area (Å²) in [4.78, 5) is 20.1. The molecule has 6 nitrogen and oxygen atoms in total. The lowest BCUT2D eigenvalue weighted by Gasteiger charge is -2.37. The van der Waals surface area contributed by atoms with Gasteiger partial charge in [0.25, 0.3) is 5.91 Å². The first-order chi connectivity index (χ1) is 15.9. The van der Waals surface area contributed by atoms with E-state index in [1.807, 2.05) is 31.2 Å². The van der Waals surface area contributed by atoms with E-state index in [4.69, 9.17) is 4.74 Å². The normalized spacial score (nSPS) is 19.0. The molecule has 1 amide bonds. The number of carbonyl (C=O) groups is 1. The second-order valence-electron chi connectivity index (χ2n) is 9.25. The van der Waals surface area contributed by atoms with E-state index >= 15 is 0 Å². The van der Waals surface area contributed by atoms with Crippen LogP contribution in [0.2, 0.25) is 0 Å². The highest BCUT2D eigenvalue weighted by Crippen LogP contribution is 2.48. The topological polar surface area (TPSA) is 74.7 Å². The van der Waals surface area contributed by atoms with Crippen molar-refractivity contribution in [3.63, 3.8) is 0 Å². The zero-order chi connectivity index (χ0) is 23.2. The van der Waals surface area contributed by atoms with Crippen LogP contribution < -0.4 is 10.1 Å². The fraction of sp³-hybridized carbons (Fsp3) is 0.333. The number of hydrogen-bond acceptors (Lipinski definition) is 5. The first kappa shape index (κ1) is 21.5. The van der Waals surface area contributed by atoms with Gasteiger partial charge in [-0.25, -0.2) is 0 Å². The number of nitrogens with one attached hydrogen (secondary N) is 1. The van der Waals surface area contributed by atoms with Crippen molar-refractivity contribution in [2.45, 2.75) is 37.8 Å². The van der Waals surface area contributed by atoms with Crippen LogP contribution in [0.3, 0.4) is 0 Å². The Balaban J connectivity index is 1.42. The maximum atomic E-state index is 13.4. The molecule has 0 bridgehead atoms. The molecule has 1 aliphatic carbocycles. The van der Waals surface area contributed by atoms with E-state index in [-0.39, 0.29) is 11.7 Å². The molecule has 170 valence electrons. The van der Waals surface area contributed by atoms with Crippen LogP contribution >= 0.6 is 0 Å². The van der Waals surface area contributed by atoms with Crippen molar-refractivity contribution >= 4 is 22.9 Å². The zero-order valence-electron chi connectivity index (χ0n) is 19.1. The molecule has 2 heterocycles. The number of amides is 1. The van der Waals surface area contributed by atoms with E-state index < -0.39 is 5.54 Å². The Morgan fingerprint density at radius 2 is 2.18 bits per heavy atom. The van der Waals surface area contributed by atoms with Crippen LogP contribution in [0.4, 0.5) is 0 Å². The van der Waals surface area contributed by atoms with Gasteiger partial charge in [0, 0.05) is 23.2 Å². The van der Waals surface area contributed by atoms with E-state index in [1.165, 1.54) is 0 Å². The first-order valence-corrected chi connectivity index (χ1v) is 11.4. The molecule has 33 heavy (non-hydrogen) atoms. The lowest BCUT2D eigenvalue weighted by Crippen LogP contribution is -2.48. The molecule has 0 radical (unpaired) electrons. The highest BCUT2D eigenvalue weighted by Gasteiger charge is 2.47. The predicted octanol–water partition coefficient (Wildman–Crippen LogP) is 4.39. The maximum absolute atomic E-state index is 13.4. The van der Waals surface area contributed by atoms with Gasteiger partial charge in [-0.2, -0.15) is 0 Å². The molecule has 1 unspecified atom stereocenters. The van der Waals surface area contributed by atoms with Gasteiger partial charge in [-0.3, -0.25) is 14.7 Å². The fourth-order valence-corrected chi connectivity index (χ4v) is 4.59. The highest BCUT2D eigenvalue weighted by atomic mass is 16.5. The lowest BCUT2D eigenvalue weighted by atomic mass is 9.95. The number of carbonyl (C=O) groups excluding carboxylic acids is 1. The van der Waals surface area contributed by atoms with Gasteiger partial charge in [0.15, 0.2) is 11.5 Å². The van der Waals surface area contributed by atoms with Crippen LogP contribution in [0.15, 0.2) is 49.2 Å². The van der Waals surface area contributed by atoms with E-state index in [1.54, 1.807) is 18.3 Å². The Morgan fingerprint density at radius 1 is 1.36 bits per heavy atom. The third-order valence-electron chi connectivity index (χ3n) is 7.02. The van der Waals surface area contributed by atoms with E-state index in [9.17, 15) is 9.90 Å². The van der Waals surface area contributed by atoms with Gasteiger partial charge < -0.3 is 15.2 Å². The van der Waals surface area contributed by atoms with Crippen LogP contribution in [-0.2, 0) is 5.54 Å². The summed E-state index contributed by atoms with van der Waals surface area (Å²) in [7, 11) is 2.06. The number of aromatic hydroxyl groups is 1. The number of phenolic OH excluding ortho intramolecular Hbond substituents is 1. The van der Waals surface area contributed by atoms with Gasteiger partial charge >= 0.3 is 0 Å². The second kappa shape index (κ2) is 8.19. The highest BCUT2D eigenvalue weighted by molar-refractivity contribution is 5.98. The van der Waals surface area contributed by atoms with Crippen molar-refractivity contribution in [2.75, 3.05) is 20.2 Å². The van der Waals surface area contributed by atoms with Crippen molar-refractivity contribution in [3.05, 3.63) is 71.4 Å². The molecule has 0 spiro atoms. The molecule has 1 atom stereocenters. The van der Waals surface area contributed by atoms with Crippen LogP contribution in [0.5, 0.6) is 11.5 Å². The molecule has 2 fully saturated rings. The Labute approximate surface area is 193 Å². The van der Waals surface area contributed by atoms with Crippen molar-refractivity contribution in [1.29, 1.82) is 0 Å². The van der Waals surface area contributed by atoms with Gasteiger partial charge in [-0.15, -0.1) is 0 Å². The number of aryl methyl sites for hydroxylation is 1. The van der Waals surface area contributed by atoms with Crippen molar-refractivity contribution < 1.29 is 14.6 Å². The van der Waals surface area contributed by atoms with Gasteiger partial charge in [-0.1, -0.05) is 18.7 Å². The van der Waals surface area contributed by atoms with Crippen LogP contribution in [0.1, 0.15) is 46.3 Å². The number of aromatic nitrogens is 1. The van der Waals surface area contributed by atoms with Crippen LogP contribution in [-0.4, -0.2) is 47.1 Å². The van der Waals surface area contributed by atoms with E-state index in [0.29, 0.717) is 29.5 Å². The van der Waals surface area contributed by atoms with Crippen molar-refractivity contribution in [3.8, 4) is 11.5 Å². The molecular formula is C27H29N3O3. The van der Waals surface area contributed by atoms with Gasteiger partial charge in [-0.05, 0) is 86.8 Å². The minimum atomic E-state index is -0.433. The zero-order valence-corrected chi connectivity index (χ0v) is 19.1. The second-order valence-corrected chi connectivity index (χ2v) is 9.25. The van der Waals surface area contributed by atoms with E-state index in [2.05, 4.69) is 34.9 Å². The third-order valence-corrected chi connectivity index (χ3v) is 7.02. The SMILES string of the molecule is C=Cc1cc(C2(NC(=O)c3cc(OCC4CCN4C)c(O)cc3C)CC2)c2cccnc2c1. The molecule has 1 aliphatic heterocycles.